The van der Waals surface area contributed by atoms with Crippen molar-refractivity contribution in [1.29, 1.82) is 0 Å². The third-order valence-electron chi connectivity index (χ3n) is 6.38. The molecule has 1 N–H and O–H groups in total. The van der Waals surface area contributed by atoms with Crippen LogP contribution in [0.5, 0.6) is 0 Å². The van der Waals surface area contributed by atoms with Crippen LogP contribution in [-0.2, 0) is 33.8 Å². The van der Waals surface area contributed by atoms with Crippen molar-refractivity contribution in [2.45, 2.75) is 58.7 Å². The highest BCUT2D eigenvalue weighted by Crippen LogP contribution is 2.30. The summed E-state index contributed by atoms with van der Waals surface area (Å²) < 4.78 is 11.1. The maximum absolute atomic E-state index is 12.8. The van der Waals surface area contributed by atoms with Crippen molar-refractivity contribution < 1.29 is 23.9 Å². The number of hydrogen-bond donors (Lipinski definition) is 1. The van der Waals surface area contributed by atoms with Crippen molar-refractivity contribution >= 4 is 18.1 Å². The molecule has 1 saturated heterocycles. The van der Waals surface area contributed by atoms with Gasteiger partial charge in [-0.3, -0.25) is 9.69 Å². The number of hydrogen-bond acceptors (Lipinski definition) is 5. The quantitative estimate of drug-likeness (QED) is 0.685. The van der Waals surface area contributed by atoms with E-state index in [1.807, 2.05) is 6.07 Å². The van der Waals surface area contributed by atoms with Crippen molar-refractivity contribution in [3.05, 3.63) is 34.9 Å². The number of carbonyl (C=O) groups excluding carboxylic acids is 3. The van der Waals surface area contributed by atoms with Crippen LogP contribution < -0.4 is 5.32 Å². The highest BCUT2D eigenvalue weighted by Gasteiger charge is 2.33. The molecule has 168 valence electrons. The second kappa shape index (κ2) is 8.77. The van der Waals surface area contributed by atoms with Gasteiger partial charge in [-0.05, 0) is 41.4 Å². The Morgan fingerprint density at radius 3 is 2.74 bits per heavy atom. The molecule has 0 aromatic heterocycles. The van der Waals surface area contributed by atoms with E-state index in [4.69, 9.17) is 9.47 Å². The maximum atomic E-state index is 12.8. The van der Waals surface area contributed by atoms with Gasteiger partial charge < -0.3 is 19.7 Å². The van der Waals surface area contributed by atoms with Crippen LogP contribution in [0.2, 0.25) is 0 Å². The molecule has 8 nitrogen and oxygen atoms in total. The zero-order chi connectivity index (χ0) is 22.0. The summed E-state index contributed by atoms with van der Waals surface area (Å²) in [6, 6.07) is 6.26. The Bertz CT molecular complexity index is 869. The SMILES string of the molecule is CC1(C)CCCc2cccc3c2CN(C3)C(=O)O[C@@H]2CCN(C2)C(=O)CNC(=O)OC1. The molecular weight excluding hydrogens is 398 g/mol. The third kappa shape index (κ3) is 5.11. The molecule has 1 aromatic carbocycles. The fraction of sp³-hybridized carbons (Fsp3) is 0.609. The van der Waals surface area contributed by atoms with Gasteiger partial charge in [-0.15, -0.1) is 0 Å². The Morgan fingerprint density at radius 1 is 1.10 bits per heavy atom. The first-order chi connectivity index (χ1) is 14.8. The molecule has 4 rings (SSSR count). The van der Waals surface area contributed by atoms with Crippen LogP contribution in [0.4, 0.5) is 9.59 Å². The lowest BCUT2D eigenvalue weighted by Crippen LogP contribution is -2.40. The van der Waals surface area contributed by atoms with Crippen molar-refractivity contribution in [1.82, 2.24) is 15.1 Å². The molecule has 3 amide bonds. The standard InChI is InChI=1S/C23H31N3O5/c1-23(2)9-4-7-16-5-3-6-17-12-26(14-19(16)17)22(29)31-18-8-10-25(13-18)20(27)11-24-21(28)30-15-23/h3,5-6,18H,4,7-15H2,1-2H3,(H,24,28)/t18-/m1/s1. The molecule has 3 heterocycles. The van der Waals surface area contributed by atoms with Gasteiger partial charge in [0, 0.05) is 26.1 Å². The summed E-state index contributed by atoms with van der Waals surface area (Å²) in [6.07, 6.45) is 2.12. The fourth-order valence-corrected chi connectivity index (χ4v) is 4.52. The first-order valence-corrected chi connectivity index (χ1v) is 11.0. The molecule has 4 bridgehead atoms. The average Bonchev–Trinajstić information content (AvgIpc) is 3.37. The van der Waals surface area contributed by atoms with Crippen LogP contribution in [0.15, 0.2) is 18.2 Å². The van der Waals surface area contributed by atoms with Crippen LogP contribution in [0.3, 0.4) is 0 Å². The lowest BCUT2D eigenvalue weighted by atomic mass is 9.87. The van der Waals surface area contributed by atoms with Gasteiger partial charge >= 0.3 is 12.2 Å². The number of nitrogens with zero attached hydrogens (tertiary/aromatic N) is 2. The van der Waals surface area contributed by atoms with Gasteiger partial charge in [0.15, 0.2) is 0 Å². The second-order valence-corrected chi connectivity index (χ2v) is 9.49. The molecule has 3 aliphatic heterocycles. The molecule has 31 heavy (non-hydrogen) atoms. The van der Waals surface area contributed by atoms with Crippen LogP contribution in [0.1, 0.15) is 49.8 Å². The Balaban J connectivity index is 1.50. The van der Waals surface area contributed by atoms with Crippen molar-refractivity contribution in [3.8, 4) is 0 Å². The number of aryl methyl sites for hydroxylation is 1. The highest BCUT2D eigenvalue weighted by atomic mass is 16.6. The van der Waals surface area contributed by atoms with Crippen LogP contribution in [0.25, 0.3) is 0 Å². The van der Waals surface area contributed by atoms with E-state index in [0.717, 1.165) is 19.3 Å². The minimum atomic E-state index is -0.582. The fourth-order valence-electron chi connectivity index (χ4n) is 4.52. The first-order valence-electron chi connectivity index (χ1n) is 11.0. The summed E-state index contributed by atoms with van der Waals surface area (Å²) in [5, 5.41) is 2.54. The van der Waals surface area contributed by atoms with Gasteiger partial charge in [0.05, 0.1) is 13.2 Å². The van der Waals surface area contributed by atoms with Crippen LogP contribution >= 0.6 is 0 Å². The smallest absolute Gasteiger partial charge is 0.410 e. The van der Waals surface area contributed by atoms with E-state index in [1.54, 1.807) is 9.80 Å². The van der Waals surface area contributed by atoms with E-state index in [-0.39, 0.29) is 30.1 Å². The summed E-state index contributed by atoms with van der Waals surface area (Å²) in [7, 11) is 0. The number of nitrogens with one attached hydrogen (secondary N) is 1. The topological polar surface area (TPSA) is 88.2 Å². The van der Waals surface area contributed by atoms with Gasteiger partial charge in [0.1, 0.15) is 12.6 Å². The Morgan fingerprint density at radius 2 is 1.90 bits per heavy atom. The van der Waals surface area contributed by atoms with Crippen molar-refractivity contribution in [2.75, 3.05) is 26.2 Å². The van der Waals surface area contributed by atoms with E-state index in [1.165, 1.54) is 16.7 Å². The van der Waals surface area contributed by atoms with Crippen molar-refractivity contribution in [3.63, 3.8) is 0 Å². The van der Waals surface area contributed by atoms with Crippen molar-refractivity contribution in [2.24, 2.45) is 5.41 Å². The van der Waals surface area contributed by atoms with Gasteiger partial charge in [-0.25, -0.2) is 9.59 Å². The molecule has 1 fully saturated rings. The number of fused-ring (bicyclic) bond motifs is 3. The number of carbonyl (C=O) groups is 3. The first kappa shape index (κ1) is 21.5. The zero-order valence-electron chi connectivity index (χ0n) is 18.3. The number of alkyl carbamates (subject to hydrolysis) is 1. The molecular formula is C23H31N3O5. The minimum Gasteiger partial charge on any atom is -0.449 e. The number of amides is 3. The highest BCUT2D eigenvalue weighted by molar-refractivity contribution is 5.82. The Labute approximate surface area is 182 Å². The van der Waals surface area contributed by atoms with Crippen LogP contribution in [-0.4, -0.2) is 60.2 Å². The number of benzene rings is 1. The molecule has 1 aromatic rings. The molecule has 0 radical (unpaired) electrons. The van der Waals surface area contributed by atoms with E-state index >= 15 is 0 Å². The van der Waals surface area contributed by atoms with E-state index in [0.29, 0.717) is 39.2 Å². The number of rotatable bonds is 0. The normalized spacial score (nSPS) is 24.6. The molecule has 0 saturated carbocycles. The average molecular weight is 430 g/mol. The van der Waals surface area contributed by atoms with Gasteiger partial charge in [0.25, 0.3) is 0 Å². The van der Waals surface area contributed by atoms with Gasteiger partial charge in [0.2, 0.25) is 5.91 Å². The lowest BCUT2D eigenvalue weighted by molar-refractivity contribution is -0.129. The molecule has 0 aliphatic carbocycles. The summed E-state index contributed by atoms with van der Waals surface area (Å²) >= 11 is 0. The predicted molar refractivity (Wildman–Crippen MR) is 113 cm³/mol. The Hall–Kier alpha value is -2.77. The predicted octanol–water partition coefficient (Wildman–Crippen LogP) is 2.83. The molecule has 0 unspecified atom stereocenters. The number of cyclic esters (lactones) is 1. The second-order valence-electron chi connectivity index (χ2n) is 9.49. The third-order valence-corrected chi connectivity index (χ3v) is 6.38. The molecule has 8 heteroatoms. The zero-order valence-corrected chi connectivity index (χ0v) is 18.3. The van der Waals surface area contributed by atoms with E-state index in [2.05, 4.69) is 31.3 Å². The minimum absolute atomic E-state index is 0.122. The summed E-state index contributed by atoms with van der Waals surface area (Å²) in [4.78, 5) is 40.5. The maximum Gasteiger partial charge on any atom is 0.410 e. The van der Waals surface area contributed by atoms with E-state index < -0.39 is 6.09 Å². The molecule has 0 spiro atoms. The molecule has 1 atom stereocenters. The van der Waals surface area contributed by atoms with Gasteiger partial charge in [-0.2, -0.15) is 0 Å². The summed E-state index contributed by atoms with van der Waals surface area (Å²) in [5.41, 5.74) is 3.48. The van der Waals surface area contributed by atoms with E-state index in [9.17, 15) is 14.4 Å². The van der Waals surface area contributed by atoms with Gasteiger partial charge in [-0.1, -0.05) is 32.0 Å². The molecule has 3 aliphatic rings. The lowest BCUT2D eigenvalue weighted by Gasteiger charge is -2.24. The monoisotopic (exact) mass is 429 g/mol. The summed E-state index contributed by atoms with van der Waals surface area (Å²) in [6.45, 7) is 6.29. The Kier molecular flexibility index (Phi) is 6.07. The largest absolute Gasteiger partial charge is 0.449 e. The number of ether oxygens (including phenoxy) is 2. The van der Waals surface area contributed by atoms with Crippen LogP contribution in [0, 0.1) is 5.41 Å². The summed E-state index contributed by atoms with van der Waals surface area (Å²) in [5.74, 6) is -0.203.